The molecule has 1 aliphatic rings. The molecule has 0 aliphatic carbocycles. The highest BCUT2D eigenvalue weighted by molar-refractivity contribution is 6.39. The normalized spacial score (nSPS) is 13.2. The molecule has 0 aromatic heterocycles. The zero-order valence-electron chi connectivity index (χ0n) is 16.2. The number of carbonyl (C=O) groups is 2. The molecule has 0 atom stereocenters. The number of nitrogens with zero attached hydrogens (tertiary/aromatic N) is 1. The van der Waals surface area contributed by atoms with Crippen molar-refractivity contribution in [3.05, 3.63) is 54.1 Å². The Kier molecular flexibility index (Phi) is 6.89. The van der Waals surface area contributed by atoms with E-state index in [1.165, 1.54) is 31.2 Å². The standard InChI is InChI=1S/C22H27N3O3/c1-28-20-9-3-2-8-19(20)24-22(27)21(26)23-14-6-7-17-10-12-18(13-11-17)25-15-4-5-16-25/h2-3,8-13H,4-7,14-16H2,1H3,(H,23,26)(H,24,27). The van der Waals surface area contributed by atoms with Crippen LogP contribution in [0, 0.1) is 0 Å². The van der Waals surface area contributed by atoms with E-state index in [1.54, 1.807) is 24.3 Å². The minimum absolute atomic E-state index is 0.450. The first kappa shape index (κ1) is 19.7. The maximum Gasteiger partial charge on any atom is 0.313 e. The summed E-state index contributed by atoms with van der Waals surface area (Å²) >= 11 is 0. The number of benzene rings is 2. The Balaban J connectivity index is 1.39. The van der Waals surface area contributed by atoms with Gasteiger partial charge in [-0.15, -0.1) is 0 Å². The molecule has 1 fully saturated rings. The van der Waals surface area contributed by atoms with Gasteiger partial charge in [-0.05, 0) is 55.5 Å². The Labute approximate surface area is 165 Å². The summed E-state index contributed by atoms with van der Waals surface area (Å²) in [5.41, 5.74) is 2.99. The molecule has 0 bridgehead atoms. The summed E-state index contributed by atoms with van der Waals surface area (Å²) in [7, 11) is 1.52. The SMILES string of the molecule is COc1ccccc1NC(=O)C(=O)NCCCc1ccc(N2CCCC2)cc1. The molecule has 0 radical (unpaired) electrons. The third-order valence-electron chi connectivity index (χ3n) is 4.90. The molecular formula is C22H27N3O3. The predicted octanol–water partition coefficient (Wildman–Crippen LogP) is 2.98. The van der Waals surface area contributed by atoms with Crippen molar-refractivity contribution in [3.63, 3.8) is 0 Å². The van der Waals surface area contributed by atoms with Crippen molar-refractivity contribution in [3.8, 4) is 5.75 Å². The van der Waals surface area contributed by atoms with Gasteiger partial charge in [0, 0.05) is 25.3 Å². The number of ether oxygens (including phenoxy) is 1. The number of carbonyl (C=O) groups excluding carboxylic acids is 2. The first-order valence-corrected chi connectivity index (χ1v) is 9.73. The average Bonchev–Trinajstić information content (AvgIpc) is 3.26. The van der Waals surface area contributed by atoms with Crippen LogP contribution in [0.15, 0.2) is 48.5 Å². The molecule has 2 aromatic rings. The van der Waals surface area contributed by atoms with E-state index in [2.05, 4.69) is 39.8 Å². The Bertz CT molecular complexity index is 799. The van der Waals surface area contributed by atoms with Crippen molar-refractivity contribution in [2.24, 2.45) is 0 Å². The fourth-order valence-corrected chi connectivity index (χ4v) is 3.35. The highest BCUT2D eigenvalue weighted by atomic mass is 16.5. The summed E-state index contributed by atoms with van der Waals surface area (Å²) < 4.78 is 5.16. The predicted molar refractivity (Wildman–Crippen MR) is 111 cm³/mol. The number of nitrogens with one attached hydrogen (secondary N) is 2. The van der Waals surface area contributed by atoms with Crippen LogP contribution in [0.1, 0.15) is 24.8 Å². The zero-order chi connectivity index (χ0) is 19.8. The molecule has 148 valence electrons. The number of hydrogen-bond acceptors (Lipinski definition) is 4. The number of amides is 2. The molecule has 2 N–H and O–H groups in total. The van der Waals surface area contributed by atoms with Gasteiger partial charge in [-0.25, -0.2) is 0 Å². The highest BCUT2D eigenvalue weighted by Crippen LogP contribution is 2.23. The molecule has 6 nitrogen and oxygen atoms in total. The summed E-state index contributed by atoms with van der Waals surface area (Å²) in [5, 5.41) is 5.24. The maximum absolute atomic E-state index is 12.0. The van der Waals surface area contributed by atoms with Crippen LogP contribution in [-0.2, 0) is 16.0 Å². The molecule has 1 heterocycles. The second-order valence-electron chi connectivity index (χ2n) is 6.87. The number of rotatable bonds is 7. The Morgan fingerprint density at radius 1 is 1.00 bits per heavy atom. The van der Waals surface area contributed by atoms with Gasteiger partial charge in [-0.1, -0.05) is 24.3 Å². The summed E-state index contributed by atoms with van der Waals surface area (Å²) in [6.45, 7) is 2.73. The minimum atomic E-state index is -0.695. The summed E-state index contributed by atoms with van der Waals surface area (Å²) in [4.78, 5) is 26.4. The quantitative estimate of drug-likeness (QED) is 0.571. The summed E-state index contributed by atoms with van der Waals surface area (Å²) in [5.74, 6) is -0.823. The molecule has 0 spiro atoms. The lowest BCUT2D eigenvalue weighted by Gasteiger charge is -2.17. The Morgan fingerprint density at radius 3 is 2.43 bits per heavy atom. The van der Waals surface area contributed by atoms with E-state index in [0.29, 0.717) is 18.0 Å². The second kappa shape index (κ2) is 9.78. The molecule has 6 heteroatoms. The summed E-state index contributed by atoms with van der Waals surface area (Å²) in [6, 6.07) is 15.6. The van der Waals surface area contributed by atoms with Crippen LogP contribution in [0.3, 0.4) is 0 Å². The second-order valence-corrected chi connectivity index (χ2v) is 6.87. The summed E-state index contributed by atoms with van der Waals surface area (Å²) in [6.07, 6.45) is 4.17. The molecule has 2 aromatic carbocycles. The van der Waals surface area contributed by atoms with Gasteiger partial charge >= 0.3 is 11.8 Å². The fourth-order valence-electron chi connectivity index (χ4n) is 3.35. The van der Waals surface area contributed by atoms with Crippen LogP contribution in [0.25, 0.3) is 0 Å². The van der Waals surface area contributed by atoms with E-state index in [-0.39, 0.29) is 0 Å². The number of para-hydroxylation sites is 2. The fraction of sp³-hybridized carbons (Fsp3) is 0.364. The van der Waals surface area contributed by atoms with Crippen LogP contribution in [-0.4, -0.2) is 38.6 Å². The third kappa shape index (κ3) is 5.25. The topological polar surface area (TPSA) is 70.7 Å². The molecule has 1 aliphatic heterocycles. The van der Waals surface area contributed by atoms with Crippen LogP contribution in [0.4, 0.5) is 11.4 Å². The van der Waals surface area contributed by atoms with Crippen LogP contribution in [0.2, 0.25) is 0 Å². The van der Waals surface area contributed by atoms with Gasteiger partial charge in [0.2, 0.25) is 0 Å². The molecule has 28 heavy (non-hydrogen) atoms. The van der Waals surface area contributed by atoms with Crippen molar-refractivity contribution >= 4 is 23.2 Å². The molecule has 0 unspecified atom stereocenters. The lowest BCUT2D eigenvalue weighted by Crippen LogP contribution is -2.36. The number of aryl methyl sites for hydroxylation is 1. The van der Waals surface area contributed by atoms with Crippen LogP contribution >= 0.6 is 0 Å². The monoisotopic (exact) mass is 381 g/mol. The van der Waals surface area contributed by atoms with Gasteiger partial charge in [-0.3, -0.25) is 9.59 Å². The first-order chi connectivity index (χ1) is 13.7. The number of hydrogen-bond donors (Lipinski definition) is 2. The Hall–Kier alpha value is -3.02. The number of methoxy groups -OCH3 is 1. The van der Waals surface area contributed by atoms with Crippen molar-refractivity contribution in [2.75, 3.05) is 37.0 Å². The smallest absolute Gasteiger partial charge is 0.313 e. The van der Waals surface area contributed by atoms with E-state index in [4.69, 9.17) is 4.74 Å². The highest BCUT2D eigenvalue weighted by Gasteiger charge is 2.15. The van der Waals surface area contributed by atoms with Gasteiger partial charge in [0.25, 0.3) is 0 Å². The van der Waals surface area contributed by atoms with E-state index in [0.717, 1.165) is 25.9 Å². The van der Waals surface area contributed by atoms with Crippen LogP contribution < -0.4 is 20.3 Å². The largest absolute Gasteiger partial charge is 0.495 e. The molecular weight excluding hydrogens is 354 g/mol. The van der Waals surface area contributed by atoms with Crippen molar-refractivity contribution in [1.29, 1.82) is 0 Å². The van der Waals surface area contributed by atoms with Gasteiger partial charge < -0.3 is 20.3 Å². The van der Waals surface area contributed by atoms with E-state index < -0.39 is 11.8 Å². The average molecular weight is 381 g/mol. The molecule has 0 saturated carbocycles. The lowest BCUT2D eigenvalue weighted by atomic mass is 10.1. The van der Waals surface area contributed by atoms with Gasteiger partial charge in [0.05, 0.1) is 12.8 Å². The van der Waals surface area contributed by atoms with Crippen molar-refractivity contribution in [1.82, 2.24) is 5.32 Å². The first-order valence-electron chi connectivity index (χ1n) is 9.73. The van der Waals surface area contributed by atoms with Crippen LogP contribution in [0.5, 0.6) is 5.75 Å². The van der Waals surface area contributed by atoms with Gasteiger partial charge in [0.15, 0.2) is 0 Å². The molecule has 3 rings (SSSR count). The van der Waals surface area contributed by atoms with Gasteiger partial charge in [0.1, 0.15) is 5.75 Å². The lowest BCUT2D eigenvalue weighted by molar-refractivity contribution is -0.136. The Morgan fingerprint density at radius 2 is 1.71 bits per heavy atom. The number of anilines is 2. The van der Waals surface area contributed by atoms with E-state index in [1.807, 2.05) is 0 Å². The third-order valence-corrected chi connectivity index (χ3v) is 4.90. The molecule has 2 amide bonds. The maximum atomic E-state index is 12.0. The van der Waals surface area contributed by atoms with E-state index >= 15 is 0 Å². The van der Waals surface area contributed by atoms with Gasteiger partial charge in [-0.2, -0.15) is 0 Å². The van der Waals surface area contributed by atoms with E-state index in [9.17, 15) is 9.59 Å². The minimum Gasteiger partial charge on any atom is -0.495 e. The molecule has 1 saturated heterocycles. The van der Waals surface area contributed by atoms with Crippen molar-refractivity contribution < 1.29 is 14.3 Å². The van der Waals surface area contributed by atoms with Crippen molar-refractivity contribution in [2.45, 2.75) is 25.7 Å². The zero-order valence-corrected chi connectivity index (χ0v) is 16.2.